The lowest BCUT2D eigenvalue weighted by Crippen LogP contribution is -2.43. The van der Waals surface area contributed by atoms with Crippen molar-refractivity contribution in [2.75, 3.05) is 18.4 Å². The first-order valence-corrected chi connectivity index (χ1v) is 12.1. The van der Waals surface area contributed by atoms with Gasteiger partial charge in [0.1, 0.15) is 11.5 Å². The number of hydrogen-bond acceptors (Lipinski definition) is 5. The van der Waals surface area contributed by atoms with Crippen LogP contribution >= 0.6 is 0 Å². The van der Waals surface area contributed by atoms with Crippen LogP contribution in [-0.2, 0) is 20.4 Å². The summed E-state index contributed by atoms with van der Waals surface area (Å²) >= 11 is 0. The molecule has 0 radical (unpaired) electrons. The van der Waals surface area contributed by atoms with Crippen molar-refractivity contribution >= 4 is 27.3 Å². The first-order chi connectivity index (χ1) is 15.4. The molecule has 1 aromatic heterocycles. The molecule has 2 amide bonds. The number of amides is 2. The number of rotatable bonds is 6. The Morgan fingerprint density at radius 1 is 0.969 bits per heavy atom. The van der Waals surface area contributed by atoms with Gasteiger partial charge >= 0.3 is 0 Å². The molecule has 2 aromatic carbocycles. The molecule has 0 bridgehead atoms. The molecule has 1 saturated heterocycles. The van der Waals surface area contributed by atoms with Gasteiger partial charge in [-0.05, 0) is 49.2 Å². The van der Waals surface area contributed by atoms with Gasteiger partial charge in [0.25, 0.3) is 5.91 Å². The van der Waals surface area contributed by atoms with E-state index in [1.165, 1.54) is 24.3 Å². The average molecular weight is 453 g/mol. The third-order valence-electron chi connectivity index (χ3n) is 5.43. The quantitative estimate of drug-likeness (QED) is 0.615. The maximum absolute atomic E-state index is 12.9. The smallest absolute Gasteiger partial charge is 0.289 e. The summed E-state index contributed by atoms with van der Waals surface area (Å²) in [6, 6.07) is 20.3. The van der Waals surface area contributed by atoms with Gasteiger partial charge < -0.3 is 14.6 Å². The second kappa shape index (κ2) is 9.40. The van der Waals surface area contributed by atoms with Gasteiger partial charge in [-0.2, -0.15) is 0 Å². The van der Waals surface area contributed by atoms with Gasteiger partial charge in [-0.1, -0.05) is 36.4 Å². The van der Waals surface area contributed by atoms with E-state index in [0.717, 1.165) is 5.69 Å². The van der Waals surface area contributed by atoms with Crippen LogP contribution in [0.1, 0.15) is 29.2 Å². The minimum Gasteiger partial charge on any atom is -0.455 e. The summed E-state index contributed by atoms with van der Waals surface area (Å²) < 4.78 is 30.7. The molecular formula is C24H24N2O5S. The fourth-order valence-electron chi connectivity index (χ4n) is 3.77. The monoisotopic (exact) mass is 452 g/mol. The van der Waals surface area contributed by atoms with E-state index in [1.54, 1.807) is 23.1 Å². The van der Waals surface area contributed by atoms with Crippen molar-refractivity contribution in [3.05, 3.63) is 84.3 Å². The van der Waals surface area contributed by atoms with Gasteiger partial charge in [0, 0.05) is 18.8 Å². The summed E-state index contributed by atoms with van der Waals surface area (Å²) in [5.74, 6) is -0.832. The molecule has 1 N–H and O–H groups in total. The maximum atomic E-state index is 12.9. The van der Waals surface area contributed by atoms with Gasteiger partial charge in [-0.3, -0.25) is 9.59 Å². The molecule has 0 aliphatic carbocycles. The number of nitrogens with one attached hydrogen (secondary N) is 1. The Balaban J connectivity index is 1.40. The van der Waals surface area contributed by atoms with Crippen LogP contribution in [0.2, 0.25) is 0 Å². The highest BCUT2D eigenvalue weighted by molar-refractivity contribution is 7.90. The summed E-state index contributed by atoms with van der Waals surface area (Å²) in [5, 5.41) is 2.89. The molecule has 1 atom stereocenters. The number of para-hydroxylation sites is 1. The summed E-state index contributed by atoms with van der Waals surface area (Å²) in [4.78, 5) is 27.3. The van der Waals surface area contributed by atoms with Gasteiger partial charge in [-0.25, -0.2) is 8.42 Å². The van der Waals surface area contributed by atoms with E-state index < -0.39 is 9.84 Å². The van der Waals surface area contributed by atoms with Gasteiger partial charge in [-0.15, -0.1) is 0 Å². The molecule has 3 aromatic rings. The fourth-order valence-corrected chi connectivity index (χ4v) is 5.03. The van der Waals surface area contributed by atoms with Gasteiger partial charge in [0.2, 0.25) is 5.91 Å². The number of anilines is 1. The molecule has 8 heteroatoms. The van der Waals surface area contributed by atoms with Crippen molar-refractivity contribution in [3.63, 3.8) is 0 Å². The van der Waals surface area contributed by atoms with Crippen LogP contribution in [0.3, 0.4) is 0 Å². The maximum Gasteiger partial charge on any atom is 0.289 e. The Hall–Kier alpha value is -3.39. The second-order valence-corrected chi connectivity index (χ2v) is 9.77. The number of hydrogen-bond donors (Lipinski definition) is 1. The van der Waals surface area contributed by atoms with E-state index in [-0.39, 0.29) is 46.4 Å². The molecule has 1 aliphatic rings. The van der Waals surface area contributed by atoms with Crippen LogP contribution in [0, 0.1) is 5.92 Å². The first-order valence-electron chi connectivity index (χ1n) is 10.4. The zero-order chi connectivity index (χ0) is 22.6. The second-order valence-electron chi connectivity index (χ2n) is 7.78. The van der Waals surface area contributed by atoms with Crippen molar-refractivity contribution in [1.29, 1.82) is 0 Å². The van der Waals surface area contributed by atoms with E-state index in [1.807, 2.05) is 30.3 Å². The SMILES string of the molecule is O=C(Nc1ccccc1)C1CCCN(C(=O)c2ccc(CS(=O)(=O)c3ccccc3)o2)C1. The van der Waals surface area contributed by atoms with E-state index in [0.29, 0.717) is 19.4 Å². The Kier molecular flexibility index (Phi) is 6.41. The normalized spacial score (nSPS) is 16.5. The van der Waals surface area contributed by atoms with Crippen molar-refractivity contribution in [2.24, 2.45) is 5.92 Å². The Morgan fingerprint density at radius 3 is 2.38 bits per heavy atom. The van der Waals surface area contributed by atoms with Crippen molar-refractivity contribution < 1.29 is 22.4 Å². The third-order valence-corrected chi connectivity index (χ3v) is 7.08. The van der Waals surface area contributed by atoms with Crippen LogP contribution < -0.4 is 5.32 Å². The molecule has 7 nitrogen and oxygen atoms in total. The van der Waals surface area contributed by atoms with Crippen LogP contribution in [-0.4, -0.2) is 38.2 Å². The van der Waals surface area contributed by atoms with Crippen molar-refractivity contribution in [2.45, 2.75) is 23.5 Å². The topological polar surface area (TPSA) is 96.7 Å². The molecule has 2 heterocycles. The highest BCUT2D eigenvalue weighted by Crippen LogP contribution is 2.23. The number of furan rings is 1. The first kappa shape index (κ1) is 21.8. The zero-order valence-corrected chi connectivity index (χ0v) is 18.3. The molecule has 1 fully saturated rings. The minimum atomic E-state index is -3.57. The predicted octanol–water partition coefficient (Wildman–Crippen LogP) is 3.74. The molecular weight excluding hydrogens is 428 g/mol. The number of benzene rings is 2. The van der Waals surface area contributed by atoms with Crippen LogP contribution in [0.4, 0.5) is 5.69 Å². The third kappa shape index (κ3) is 5.08. The van der Waals surface area contributed by atoms with Gasteiger partial charge in [0.15, 0.2) is 15.6 Å². The molecule has 1 aliphatic heterocycles. The lowest BCUT2D eigenvalue weighted by Gasteiger charge is -2.31. The predicted molar refractivity (Wildman–Crippen MR) is 120 cm³/mol. The summed E-state index contributed by atoms with van der Waals surface area (Å²) in [5.41, 5.74) is 0.719. The van der Waals surface area contributed by atoms with E-state index in [9.17, 15) is 18.0 Å². The summed E-state index contributed by atoms with van der Waals surface area (Å²) in [7, 11) is -3.57. The van der Waals surface area contributed by atoms with E-state index >= 15 is 0 Å². The van der Waals surface area contributed by atoms with E-state index in [2.05, 4.69) is 5.32 Å². The molecule has 32 heavy (non-hydrogen) atoms. The molecule has 1 unspecified atom stereocenters. The Labute approximate surface area is 187 Å². The van der Waals surface area contributed by atoms with Crippen molar-refractivity contribution in [3.8, 4) is 0 Å². The Bertz CT molecular complexity index is 1190. The number of piperidine rings is 1. The van der Waals surface area contributed by atoms with E-state index in [4.69, 9.17) is 4.42 Å². The van der Waals surface area contributed by atoms with Crippen molar-refractivity contribution in [1.82, 2.24) is 4.90 Å². The number of likely N-dealkylation sites (tertiary alicyclic amines) is 1. The Morgan fingerprint density at radius 2 is 1.66 bits per heavy atom. The zero-order valence-electron chi connectivity index (χ0n) is 17.4. The summed E-state index contributed by atoms with van der Waals surface area (Å²) in [6.45, 7) is 0.808. The minimum absolute atomic E-state index is 0.0763. The molecule has 166 valence electrons. The van der Waals surface area contributed by atoms with Crippen LogP contribution in [0.15, 0.2) is 82.1 Å². The molecule has 4 rings (SSSR count). The lowest BCUT2D eigenvalue weighted by atomic mass is 9.96. The van der Waals surface area contributed by atoms with Crippen LogP contribution in [0.25, 0.3) is 0 Å². The number of carbonyl (C=O) groups is 2. The lowest BCUT2D eigenvalue weighted by molar-refractivity contribution is -0.121. The standard InChI is InChI=1S/C24H24N2O5S/c27-23(25-19-9-3-1-4-10-19)18-8-7-15-26(16-18)24(28)22-14-13-20(31-22)17-32(29,30)21-11-5-2-6-12-21/h1-6,9-14,18H,7-8,15-17H2,(H,25,27). The number of carbonyl (C=O) groups excluding carboxylic acids is 2. The number of sulfone groups is 1. The summed E-state index contributed by atoms with van der Waals surface area (Å²) in [6.07, 6.45) is 1.40. The highest BCUT2D eigenvalue weighted by atomic mass is 32.2. The molecule has 0 spiro atoms. The largest absolute Gasteiger partial charge is 0.455 e. The van der Waals surface area contributed by atoms with Gasteiger partial charge in [0.05, 0.1) is 10.8 Å². The number of nitrogens with zero attached hydrogens (tertiary/aromatic N) is 1. The molecule has 0 saturated carbocycles. The van der Waals surface area contributed by atoms with Crippen LogP contribution in [0.5, 0.6) is 0 Å². The fraction of sp³-hybridized carbons (Fsp3) is 0.250. The highest BCUT2D eigenvalue weighted by Gasteiger charge is 2.30. The average Bonchev–Trinajstić information content (AvgIpc) is 3.27.